The topological polar surface area (TPSA) is 36.9 Å². The molecule has 0 spiro atoms. The molecule has 0 saturated carbocycles. The highest BCUT2D eigenvalue weighted by molar-refractivity contribution is 9.09. The minimum atomic E-state index is -0.0985. The van der Waals surface area contributed by atoms with Crippen LogP contribution in [-0.2, 0) is 47.3 Å². The molecule has 328 valence electrons. The fourth-order valence-corrected chi connectivity index (χ4v) is 8.57. The van der Waals surface area contributed by atoms with Crippen molar-refractivity contribution in [3.8, 4) is 23.0 Å². The summed E-state index contributed by atoms with van der Waals surface area (Å²) in [5.41, 5.74) is 14.1. The Morgan fingerprint density at radius 1 is 0.317 bits per heavy atom. The van der Waals surface area contributed by atoms with Crippen LogP contribution in [0.25, 0.3) is 0 Å². The third kappa shape index (κ3) is 12.2. The lowest BCUT2D eigenvalue weighted by Crippen LogP contribution is -2.18. The van der Waals surface area contributed by atoms with E-state index >= 15 is 0 Å². The molecule has 0 fully saturated rings. The smallest absolute Gasteiger partial charge is 0.126 e. The van der Waals surface area contributed by atoms with Crippen molar-refractivity contribution < 1.29 is 18.9 Å². The fraction of sp³-hybridized carbons (Fsp3) is 0.538. The molecule has 8 bridgehead atoms. The quantitative estimate of drug-likeness (QED) is 0.117. The molecule has 0 aliphatic heterocycles. The molecule has 0 N–H and O–H groups in total. The predicted octanol–water partition coefficient (Wildman–Crippen LogP) is 14.6. The van der Waals surface area contributed by atoms with Gasteiger partial charge in [-0.05, 0) is 88.4 Å². The molecule has 0 aromatic heterocycles. The van der Waals surface area contributed by atoms with Crippen LogP contribution in [0.1, 0.15) is 150 Å². The minimum absolute atomic E-state index is 0.0985. The van der Waals surface area contributed by atoms with Crippen LogP contribution in [0, 0.1) is 0 Å². The van der Waals surface area contributed by atoms with Gasteiger partial charge in [0.25, 0.3) is 0 Å². The average Bonchev–Trinajstić information content (AvgIpc) is 3.14. The van der Waals surface area contributed by atoms with Crippen molar-refractivity contribution in [2.24, 2.45) is 0 Å². The Kier molecular flexibility index (Phi) is 16.5. The third-order valence-corrected chi connectivity index (χ3v) is 12.5. The van der Waals surface area contributed by atoms with Crippen molar-refractivity contribution in [1.29, 1.82) is 0 Å². The van der Waals surface area contributed by atoms with Gasteiger partial charge in [-0.15, -0.1) is 0 Å². The van der Waals surface area contributed by atoms with E-state index in [0.29, 0.717) is 52.1 Å². The second-order valence-corrected chi connectivity index (χ2v) is 23.5. The highest BCUT2D eigenvalue weighted by atomic mass is 79.9. The third-order valence-electron chi connectivity index (χ3n) is 11.3. The van der Waals surface area contributed by atoms with Gasteiger partial charge in [0, 0.05) is 47.0 Å². The fourth-order valence-electron chi connectivity index (χ4n) is 7.93. The first-order valence-corrected chi connectivity index (χ1v) is 26.0. The van der Waals surface area contributed by atoms with Gasteiger partial charge in [-0.3, -0.25) is 0 Å². The predicted molar refractivity (Wildman–Crippen MR) is 269 cm³/mol. The minimum Gasteiger partial charge on any atom is -0.492 e. The van der Waals surface area contributed by atoms with Crippen LogP contribution < -0.4 is 18.9 Å². The Bertz CT molecular complexity index is 1720. The van der Waals surface area contributed by atoms with Crippen LogP contribution in [0.15, 0.2) is 48.5 Å². The number of hydrogen-bond acceptors (Lipinski definition) is 4. The maximum absolute atomic E-state index is 6.88. The van der Waals surface area contributed by atoms with E-state index in [1.54, 1.807) is 0 Å². The molecule has 8 heteroatoms. The van der Waals surface area contributed by atoms with Gasteiger partial charge in [-0.2, -0.15) is 0 Å². The Labute approximate surface area is 396 Å². The van der Waals surface area contributed by atoms with Gasteiger partial charge in [-0.25, -0.2) is 0 Å². The first-order valence-electron chi connectivity index (χ1n) is 21.5. The van der Waals surface area contributed by atoms with Gasteiger partial charge >= 0.3 is 0 Å². The second kappa shape index (κ2) is 20.2. The van der Waals surface area contributed by atoms with E-state index in [2.05, 4.69) is 195 Å². The molecule has 1 aliphatic carbocycles. The summed E-state index contributed by atoms with van der Waals surface area (Å²) in [7, 11) is 0. The Hall–Kier alpha value is -2.00. The first-order chi connectivity index (χ1) is 28.1. The van der Waals surface area contributed by atoms with Crippen LogP contribution in [0.4, 0.5) is 0 Å². The highest BCUT2D eigenvalue weighted by Gasteiger charge is 2.29. The van der Waals surface area contributed by atoms with E-state index in [-0.39, 0.29) is 21.7 Å². The molecule has 4 aromatic carbocycles. The molecule has 1 aliphatic rings. The first kappa shape index (κ1) is 49.0. The number of benzene rings is 4. The summed E-state index contributed by atoms with van der Waals surface area (Å²) in [5, 5.41) is 2.92. The summed E-state index contributed by atoms with van der Waals surface area (Å²) in [5.74, 6) is 3.79. The average molecular weight is 1080 g/mol. The molecular weight excluding hydrogens is 1010 g/mol. The van der Waals surface area contributed by atoms with Gasteiger partial charge in [0.15, 0.2) is 0 Å². The van der Waals surface area contributed by atoms with E-state index in [1.807, 2.05) is 0 Å². The summed E-state index contributed by atoms with van der Waals surface area (Å²) < 4.78 is 27.5. The van der Waals surface area contributed by atoms with E-state index < -0.39 is 0 Å². The number of hydrogen-bond donors (Lipinski definition) is 0. The van der Waals surface area contributed by atoms with Gasteiger partial charge in [-0.1, -0.05) is 195 Å². The van der Waals surface area contributed by atoms with Crippen molar-refractivity contribution in [1.82, 2.24) is 0 Å². The maximum Gasteiger partial charge on any atom is 0.126 e. The lowest BCUT2D eigenvalue weighted by molar-refractivity contribution is 0.330. The zero-order valence-electron chi connectivity index (χ0n) is 38.2. The molecule has 60 heavy (non-hydrogen) atoms. The molecule has 4 nitrogen and oxygen atoms in total. The molecule has 0 saturated heterocycles. The number of ether oxygens (including phenoxy) is 4. The molecule has 0 heterocycles. The van der Waals surface area contributed by atoms with E-state index in [9.17, 15) is 0 Å². The lowest BCUT2D eigenvalue weighted by atomic mass is 9.79. The van der Waals surface area contributed by atoms with E-state index in [1.165, 1.54) is 66.8 Å². The molecule has 0 radical (unpaired) electrons. The van der Waals surface area contributed by atoms with Crippen molar-refractivity contribution in [2.75, 3.05) is 47.7 Å². The Morgan fingerprint density at radius 3 is 0.583 bits per heavy atom. The summed E-state index contributed by atoms with van der Waals surface area (Å²) in [6.45, 7) is 29.9. The summed E-state index contributed by atoms with van der Waals surface area (Å²) in [6.07, 6.45) is 2.63. The number of halogens is 4. The molecule has 0 atom stereocenters. The maximum atomic E-state index is 6.88. The van der Waals surface area contributed by atoms with Crippen LogP contribution in [-0.4, -0.2) is 47.7 Å². The summed E-state index contributed by atoms with van der Waals surface area (Å²) in [6, 6.07) is 19.1. The summed E-state index contributed by atoms with van der Waals surface area (Å²) >= 11 is 14.8. The van der Waals surface area contributed by atoms with Crippen molar-refractivity contribution in [3.05, 3.63) is 115 Å². The van der Waals surface area contributed by atoms with E-state index in [0.717, 1.165) is 44.3 Å². The molecular formula is C52H68Br4O4. The number of rotatable bonds is 12. The molecule has 4 aromatic rings. The van der Waals surface area contributed by atoms with Gasteiger partial charge < -0.3 is 18.9 Å². The SMILES string of the molecule is CC(C)(C)c1cc2c(OCCBr)c(c1)Cc1cc(C(C)(C)C)cc(c1OCCBr)Cc1cc(C(C)(C)C)cc(c1OCCBr)Cc1cc(C(C)(C)C)cc(c1OCCBr)C2. The Balaban J connectivity index is 2.02. The molecule has 0 unspecified atom stereocenters. The highest BCUT2D eigenvalue weighted by Crippen LogP contribution is 2.44. The molecule has 5 rings (SSSR count). The Morgan fingerprint density at radius 2 is 0.467 bits per heavy atom. The van der Waals surface area contributed by atoms with Crippen LogP contribution in [0.3, 0.4) is 0 Å². The van der Waals surface area contributed by atoms with E-state index in [4.69, 9.17) is 18.9 Å². The van der Waals surface area contributed by atoms with Crippen molar-refractivity contribution >= 4 is 63.7 Å². The zero-order chi connectivity index (χ0) is 44.2. The van der Waals surface area contributed by atoms with Gasteiger partial charge in [0.2, 0.25) is 0 Å². The van der Waals surface area contributed by atoms with Crippen molar-refractivity contribution in [2.45, 2.75) is 130 Å². The summed E-state index contributed by atoms with van der Waals surface area (Å²) in [4.78, 5) is 0. The van der Waals surface area contributed by atoms with Gasteiger partial charge in [0.1, 0.15) is 23.0 Å². The number of alkyl halides is 4. The van der Waals surface area contributed by atoms with Crippen molar-refractivity contribution in [3.63, 3.8) is 0 Å². The monoisotopic (exact) mass is 1070 g/mol. The van der Waals surface area contributed by atoms with Gasteiger partial charge in [0.05, 0.1) is 26.4 Å². The van der Waals surface area contributed by atoms with Crippen LogP contribution >= 0.6 is 63.7 Å². The lowest BCUT2D eigenvalue weighted by Gasteiger charge is -2.29. The normalized spacial score (nSPS) is 13.6. The van der Waals surface area contributed by atoms with Crippen LogP contribution in [0.5, 0.6) is 23.0 Å². The molecule has 0 amide bonds. The zero-order valence-corrected chi connectivity index (χ0v) is 44.6. The largest absolute Gasteiger partial charge is 0.492 e. The number of fused-ring (bicyclic) bond motifs is 8. The second-order valence-electron chi connectivity index (χ2n) is 20.4. The standard InChI is InChI=1S/C52H68Br4O4/c1-49(2,3)41-25-33-21-35-27-42(50(4,5)6)29-37(46(35)58-18-14-54)23-39-31-44(52(10,11)12)32-40(48(39)60-20-16-56)24-38-30-43(51(7,8)9)28-36(47(38)59-19-15-55)22-34(26-41)45(33)57-17-13-53/h25-32H,13-24H2,1-12H3. The van der Waals surface area contributed by atoms with Crippen LogP contribution in [0.2, 0.25) is 0 Å².